The van der Waals surface area contributed by atoms with E-state index in [4.69, 9.17) is 27.6 Å². The van der Waals surface area contributed by atoms with E-state index in [-0.39, 0.29) is 22.1 Å². The molecule has 4 N–H and O–H groups in total. The number of benzene rings is 1. The Morgan fingerprint density at radius 1 is 1.37 bits per heavy atom. The van der Waals surface area contributed by atoms with E-state index in [1.807, 2.05) is 0 Å². The molecule has 0 fully saturated rings. The third kappa shape index (κ3) is 2.58. The van der Waals surface area contributed by atoms with Crippen molar-refractivity contribution in [1.82, 2.24) is 5.16 Å². The second kappa shape index (κ2) is 4.97. The van der Waals surface area contributed by atoms with Gasteiger partial charge in [-0.1, -0.05) is 16.8 Å². The van der Waals surface area contributed by atoms with Gasteiger partial charge in [0.25, 0.3) is 0 Å². The Morgan fingerprint density at radius 3 is 2.63 bits per heavy atom. The van der Waals surface area contributed by atoms with Gasteiger partial charge in [-0.2, -0.15) is 0 Å². The number of aromatic nitrogens is 1. The number of hydrogen-bond acceptors (Lipinski definition) is 5. The zero-order chi connectivity index (χ0) is 14.2. The van der Waals surface area contributed by atoms with Crippen LogP contribution in [0.1, 0.15) is 11.5 Å². The van der Waals surface area contributed by atoms with E-state index in [0.29, 0.717) is 18.0 Å². The summed E-state index contributed by atoms with van der Waals surface area (Å²) in [5.74, 6) is 0.0501. The first-order valence-electron chi connectivity index (χ1n) is 5.56. The Balaban J connectivity index is 2.33. The van der Waals surface area contributed by atoms with Gasteiger partial charge in [-0.3, -0.25) is 0 Å². The molecule has 102 valence electrons. The molecule has 0 atom stereocenters. The van der Waals surface area contributed by atoms with E-state index in [1.54, 1.807) is 24.9 Å². The minimum absolute atomic E-state index is 0.117. The molecule has 5 nitrogen and oxygen atoms in total. The molecule has 7 heteroatoms. The van der Waals surface area contributed by atoms with Crippen LogP contribution in [-0.4, -0.2) is 12.2 Å². The van der Waals surface area contributed by atoms with Gasteiger partial charge in [0.1, 0.15) is 16.5 Å². The molecule has 19 heavy (non-hydrogen) atoms. The van der Waals surface area contributed by atoms with Crippen molar-refractivity contribution in [3.05, 3.63) is 34.4 Å². The molecule has 2 aromatic rings. The molecule has 0 aliphatic rings. The summed E-state index contributed by atoms with van der Waals surface area (Å²) in [7, 11) is 1.69. The number of halogens is 2. The Morgan fingerprint density at radius 2 is 2.05 bits per heavy atom. The molecule has 0 saturated heterocycles. The summed E-state index contributed by atoms with van der Waals surface area (Å²) in [5.41, 5.74) is 12.5. The lowest BCUT2D eigenvalue weighted by Crippen LogP contribution is -2.20. The van der Waals surface area contributed by atoms with E-state index in [1.165, 1.54) is 6.07 Å². The minimum atomic E-state index is -0.637. The van der Waals surface area contributed by atoms with Gasteiger partial charge in [0.15, 0.2) is 5.82 Å². The second-order valence-electron chi connectivity index (χ2n) is 4.32. The maximum absolute atomic E-state index is 14.1. The third-order valence-electron chi connectivity index (χ3n) is 2.70. The molecule has 0 amide bonds. The van der Waals surface area contributed by atoms with Crippen LogP contribution < -0.4 is 16.4 Å². The molecule has 0 radical (unpaired) electrons. The maximum Gasteiger partial charge on any atom is 0.169 e. The molecule has 0 unspecified atom stereocenters. The van der Waals surface area contributed by atoms with Gasteiger partial charge in [0, 0.05) is 13.1 Å². The zero-order valence-corrected chi connectivity index (χ0v) is 11.3. The van der Waals surface area contributed by atoms with Gasteiger partial charge in [-0.25, -0.2) is 4.39 Å². The molecule has 1 aromatic heterocycles. The highest BCUT2D eigenvalue weighted by Crippen LogP contribution is 2.36. The molecule has 1 heterocycles. The maximum atomic E-state index is 14.1. The van der Waals surface area contributed by atoms with Gasteiger partial charge in [-0.05, 0) is 13.0 Å². The molecule has 0 aliphatic heterocycles. The number of anilines is 3. The molecule has 2 rings (SSSR count). The highest BCUT2D eigenvalue weighted by Gasteiger charge is 2.18. The summed E-state index contributed by atoms with van der Waals surface area (Å²) in [5, 5.41) is 3.71. The second-order valence-corrected chi connectivity index (χ2v) is 4.69. The standard InChI is InChI=1S/C12H14ClFN4O/c1-6-3-7(17-19-6)5-18(2)12-9(16)4-8(15)10(13)11(12)14/h3-4H,5,15-16H2,1-2H3. The van der Waals surface area contributed by atoms with Crippen LogP contribution in [0.25, 0.3) is 0 Å². The van der Waals surface area contributed by atoms with E-state index >= 15 is 0 Å². The Hall–Kier alpha value is -1.95. The van der Waals surface area contributed by atoms with Gasteiger partial charge in [0.05, 0.1) is 23.6 Å². The fourth-order valence-corrected chi connectivity index (χ4v) is 2.00. The number of hydrogen-bond donors (Lipinski definition) is 2. The normalized spacial score (nSPS) is 10.7. The van der Waals surface area contributed by atoms with Gasteiger partial charge < -0.3 is 20.9 Å². The summed E-state index contributed by atoms with van der Waals surface area (Å²) in [4.78, 5) is 1.60. The first-order chi connectivity index (χ1) is 8.90. The van der Waals surface area contributed by atoms with Crippen LogP contribution in [0, 0.1) is 12.7 Å². The summed E-state index contributed by atoms with van der Waals surface area (Å²) in [6.07, 6.45) is 0. The van der Waals surface area contributed by atoms with Crippen molar-refractivity contribution >= 4 is 28.7 Å². The zero-order valence-electron chi connectivity index (χ0n) is 10.6. The fourth-order valence-electron chi connectivity index (χ4n) is 1.86. The third-order valence-corrected chi connectivity index (χ3v) is 3.08. The van der Waals surface area contributed by atoms with Crippen LogP contribution in [0.15, 0.2) is 16.7 Å². The lowest BCUT2D eigenvalue weighted by Gasteiger charge is -2.21. The monoisotopic (exact) mass is 284 g/mol. The van der Waals surface area contributed by atoms with Gasteiger partial charge in [-0.15, -0.1) is 0 Å². The molecule has 0 spiro atoms. The van der Waals surface area contributed by atoms with E-state index in [9.17, 15) is 4.39 Å². The van der Waals surface area contributed by atoms with Crippen molar-refractivity contribution in [3.63, 3.8) is 0 Å². The quantitative estimate of drug-likeness (QED) is 0.847. The van der Waals surface area contributed by atoms with Crippen LogP contribution >= 0.6 is 11.6 Å². The lowest BCUT2D eigenvalue weighted by atomic mass is 10.2. The van der Waals surface area contributed by atoms with Crippen molar-refractivity contribution in [1.29, 1.82) is 0 Å². The Bertz CT molecular complexity index is 614. The van der Waals surface area contributed by atoms with Crippen LogP contribution in [0.4, 0.5) is 21.5 Å². The van der Waals surface area contributed by atoms with Crippen LogP contribution in [0.3, 0.4) is 0 Å². The minimum Gasteiger partial charge on any atom is -0.397 e. The predicted molar refractivity (Wildman–Crippen MR) is 73.6 cm³/mol. The first-order valence-corrected chi connectivity index (χ1v) is 5.94. The number of rotatable bonds is 3. The average Bonchev–Trinajstić information content (AvgIpc) is 2.72. The summed E-state index contributed by atoms with van der Waals surface area (Å²) >= 11 is 5.79. The smallest absolute Gasteiger partial charge is 0.169 e. The van der Waals surface area contributed by atoms with Crippen molar-refractivity contribution in [2.75, 3.05) is 23.4 Å². The summed E-state index contributed by atoms with van der Waals surface area (Å²) in [6, 6.07) is 3.20. The molecule has 1 aromatic carbocycles. The van der Waals surface area contributed by atoms with E-state index in [0.717, 1.165) is 0 Å². The van der Waals surface area contributed by atoms with Gasteiger partial charge >= 0.3 is 0 Å². The van der Waals surface area contributed by atoms with Crippen LogP contribution in [0.2, 0.25) is 5.02 Å². The van der Waals surface area contributed by atoms with Crippen molar-refractivity contribution in [2.24, 2.45) is 0 Å². The molecular weight excluding hydrogens is 271 g/mol. The fraction of sp³-hybridized carbons (Fsp3) is 0.250. The van der Waals surface area contributed by atoms with Crippen LogP contribution in [-0.2, 0) is 6.54 Å². The van der Waals surface area contributed by atoms with Crippen LogP contribution in [0.5, 0.6) is 0 Å². The number of nitrogens with zero attached hydrogens (tertiary/aromatic N) is 2. The Kier molecular flexibility index (Phi) is 3.53. The highest BCUT2D eigenvalue weighted by atomic mass is 35.5. The van der Waals surface area contributed by atoms with Crippen molar-refractivity contribution in [2.45, 2.75) is 13.5 Å². The van der Waals surface area contributed by atoms with Crippen molar-refractivity contribution < 1.29 is 8.91 Å². The Labute approximate surface area is 114 Å². The summed E-state index contributed by atoms with van der Waals surface area (Å²) < 4.78 is 19.1. The topological polar surface area (TPSA) is 81.3 Å². The SMILES string of the molecule is Cc1cc(CN(C)c2c(N)cc(N)c(Cl)c2F)no1. The van der Waals surface area contributed by atoms with Crippen molar-refractivity contribution in [3.8, 4) is 0 Å². The predicted octanol–water partition coefficient (Wildman–Crippen LogP) is 2.58. The number of nitrogen functional groups attached to an aromatic ring is 2. The molecular formula is C12H14ClFN4O. The largest absolute Gasteiger partial charge is 0.397 e. The average molecular weight is 285 g/mol. The lowest BCUT2D eigenvalue weighted by molar-refractivity contribution is 0.390. The first kappa shape index (κ1) is 13.5. The highest BCUT2D eigenvalue weighted by molar-refractivity contribution is 6.33. The van der Waals surface area contributed by atoms with E-state index < -0.39 is 5.82 Å². The molecule has 0 aliphatic carbocycles. The number of nitrogens with two attached hydrogens (primary N) is 2. The molecule has 0 bridgehead atoms. The number of aryl methyl sites for hydroxylation is 1. The van der Waals surface area contributed by atoms with Gasteiger partial charge in [0.2, 0.25) is 0 Å². The van der Waals surface area contributed by atoms with E-state index in [2.05, 4.69) is 5.16 Å². The summed E-state index contributed by atoms with van der Waals surface area (Å²) in [6.45, 7) is 2.13. The molecule has 0 saturated carbocycles.